The van der Waals surface area contributed by atoms with Crippen molar-refractivity contribution in [2.45, 2.75) is 20.0 Å². The molecule has 3 heterocycles. The van der Waals surface area contributed by atoms with Gasteiger partial charge in [-0.15, -0.1) is 11.3 Å². The van der Waals surface area contributed by atoms with Gasteiger partial charge in [0.1, 0.15) is 5.01 Å². The zero-order valence-corrected chi connectivity index (χ0v) is 16.7. The molecule has 0 aliphatic carbocycles. The first-order valence-corrected chi connectivity index (χ1v) is 9.70. The summed E-state index contributed by atoms with van der Waals surface area (Å²) in [7, 11) is 3.90. The summed E-state index contributed by atoms with van der Waals surface area (Å²) >= 11 is 1.64. The molecule has 4 aromatic rings. The highest BCUT2D eigenvalue weighted by Crippen LogP contribution is 2.29. The molecule has 0 saturated heterocycles. The number of nitrogens with zero attached hydrogens (tertiary/aromatic N) is 5. The Bertz CT molecular complexity index is 1170. The number of aryl methyl sites for hydroxylation is 1. The van der Waals surface area contributed by atoms with E-state index < -0.39 is 0 Å². The predicted octanol–water partition coefficient (Wildman–Crippen LogP) is 2.53. The van der Waals surface area contributed by atoms with Crippen LogP contribution in [-0.2, 0) is 24.9 Å². The van der Waals surface area contributed by atoms with Crippen LogP contribution in [0, 0.1) is 6.92 Å². The fraction of sp³-hybridized carbons (Fsp3) is 0.263. The first-order valence-electron chi connectivity index (χ1n) is 8.88. The smallest absolute Gasteiger partial charge is 0.230 e. The second kappa shape index (κ2) is 7.53. The largest absolute Gasteiger partial charge is 0.332 e. The molecule has 0 atom stereocenters. The van der Waals surface area contributed by atoms with Crippen LogP contribution in [0.2, 0.25) is 0 Å². The van der Waals surface area contributed by atoms with E-state index in [0.717, 1.165) is 56.0 Å². The van der Waals surface area contributed by atoms with Gasteiger partial charge in [-0.25, -0.2) is 9.99 Å². The highest BCUT2D eigenvalue weighted by molar-refractivity contribution is 7.19. The molecule has 3 aromatic heterocycles. The lowest BCUT2D eigenvalue weighted by Gasteiger charge is -2.11. The molecule has 0 spiro atoms. The van der Waals surface area contributed by atoms with Crippen LogP contribution in [0.3, 0.4) is 0 Å². The topological polar surface area (TPSA) is 91.2 Å². The number of amides is 1. The van der Waals surface area contributed by atoms with Crippen LogP contribution < -0.4 is 5.32 Å². The standard InChI is InChI=1S/C19H21N7OS/c1-12-14(18-19(25(12)3)23-17(28-18)9-20-2)8-22-26(11-27)10-13-5-4-6-16-15(13)7-21-24-16/h4-8,11,20H,9-10H2,1-3H3,(H,21,24)/b22-8-. The third kappa shape index (κ3) is 3.19. The average molecular weight is 395 g/mol. The van der Waals surface area contributed by atoms with Crippen LogP contribution >= 0.6 is 11.3 Å². The minimum Gasteiger partial charge on any atom is -0.332 e. The van der Waals surface area contributed by atoms with Gasteiger partial charge < -0.3 is 9.88 Å². The van der Waals surface area contributed by atoms with Crippen LogP contribution in [-0.4, -0.2) is 44.4 Å². The second-order valence-corrected chi connectivity index (χ2v) is 7.63. The number of thiazole rings is 1. The summed E-state index contributed by atoms with van der Waals surface area (Å²) in [6.07, 6.45) is 4.26. The lowest BCUT2D eigenvalue weighted by molar-refractivity contribution is -0.118. The van der Waals surface area contributed by atoms with Crippen LogP contribution in [0.1, 0.15) is 21.8 Å². The molecule has 0 fully saturated rings. The van der Waals surface area contributed by atoms with Gasteiger partial charge in [0.15, 0.2) is 5.65 Å². The average Bonchev–Trinajstić information content (AvgIpc) is 3.38. The lowest BCUT2D eigenvalue weighted by atomic mass is 10.1. The summed E-state index contributed by atoms with van der Waals surface area (Å²) in [5.41, 5.74) is 4.92. The zero-order chi connectivity index (χ0) is 19.7. The van der Waals surface area contributed by atoms with E-state index in [1.165, 1.54) is 5.01 Å². The summed E-state index contributed by atoms with van der Waals surface area (Å²) < 4.78 is 3.14. The van der Waals surface area contributed by atoms with E-state index in [9.17, 15) is 4.79 Å². The van der Waals surface area contributed by atoms with Gasteiger partial charge in [-0.1, -0.05) is 12.1 Å². The zero-order valence-electron chi connectivity index (χ0n) is 15.9. The van der Waals surface area contributed by atoms with Crippen molar-refractivity contribution in [2.75, 3.05) is 7.05 Å². The van der Waals surface area contributed by atoms with Gasteiger partial charge >= 0.3 is 0 Å². The third-order valence-corrected chi connectivity index (χ3v) is 5.88. The van der Waals surface area contributed by atoms with Crippen molar-refractivity contribution in [3.63, 3.8) is 0 Å². The van der Waals surface area contributed by atoms with Gasteiger partial charge in [0, 0.05) is 30.2 Å². The van der Waals surface area contributed by atoms with Crippen molar-refractivity contribution in [1.29, 1.82) is 0 Å². The van der Waals surface area contributed by atoms with E-state index in [2.05, 4.69) is 25.2 Å². The summed E-state index contributed by atoms with van der Waals surface area (Å²) in [4.78, 5) is 16.3. The number of hydrazone groups is 1. The number of aromatic amines is 1. The van der Waals surface area contributed by atoms with Gasteiger partial charge in [-0.3, -0.25) is 9.89 Å². The van der Waals surface area contributed by atoms with Crippen molar-refractivity contribution >= 4 is 45.2 Å². The second-order valence-electron chi connectivity index (χ2n) is 6.54. The van der Waals surface area contributed by atoms with E-state index in [4.69, 9.17) is 4.98 Å². The van der Waals surface area contributed by atoms with E-state index in [1.807, 2.05) is 39.2 Å². The van der Waals surface area contributed by atoms with Crippen LogP contribution in [0.5, 0.6) is 0 Å². The molecule has 9 heteroatoms. The fourth-order valence-electron chi connectivity index (χ4n) is 3.22. The Morgan fingerprint density at radius 3 is 3.07 bits per heavy atom. The van der Waals surface area contributed by atoms with Crippen LogP contribution in [0.15, 0.2) is 29.5 Å². The van der Waals surface area contributed by atoms with Crippen LogP contribution in [0.25, 0.3) is 21.3 Å². The first-order chi connectivity index (χ1) is 13.6. The summed E-state index contributed by atoms with van der Waals surface area (Å²) in [5.74, 6) is 0. The number of nitrogens with one attached hydrogen (secondary N) is 2. The molecule has 4 rings (SSSR count). The quantitative estimate of drug-likeness (QED) is 0.286. The molecule has 0 aliphatic heterocycles. The molecule has 8 nitrogen and oxygen atoms in total. The number of carbonyl (C=O) groups excluding carboxylic acids is 1. The number of hydrogen-bond donors (Lipinski definition) is 2. The van der Waals surface area contributed by atoms with Gasteiger partial charge in [0.2, 0.25) is 6.41 Å². The van der Waals surface area contributed by atoms with Crippen molar-refractivity contribution in [3.8, 4) is 0 Å². The number of benzene rings is 1. The number of rotatable bonds is 7. The monoisotopic (exact) mass is 395 g/mol. The Morgan fingerprint density at radius 1 is 1.43 bits per heavy atom. The third-order valence-electron chi connectivity index (χ3n) is 4.80. The lowest BCUT2D eigenvalue weighted by Crippen LogP contribution is -2.15. The van der Waals surface area contributed by atoms with Crippen molar-refractivity contribution in [1.82, 2.24) is 30.1 Å². The van der Waals surface area contributed by atoms with E-state index >= 15 is 0 Å². The van der Waals surface area contributed by atoms with E-state index in [1.54, 1.807) is 23.7 Å². The minimum atomic E-state index is 0.375. The highest BCUT2D eigenvalue weighted by atomic mass is 32.1. The molecule has 28 heavy (non-hydrogen) atoms. The Kier molecular flexibility index (Phi) is 4.93. The van der Waals surface area contributed by atoms with E-state index in [-0.39, 0.29) is 0 Å². The number of aromatic nitrogens is 4. The molecule has 0 aliphatic rings. The van der Waals surface area contributed by atoms with Gasteiger partial charge in [-0.2, -0.15) is 10.2 Å². The molecule has 2 N–H and O–H groups in total. The summed E-state index contributed by atoms with van der Waals surface area (Å²) in [5, 5.41) is 18.0. The van der Waals surface area contributed by atoms with Crippen molar-refractivity contribution < 1.29 is 4.79 Å². The van der Waals surface area contributed by atoms with Crippen molar-refractivity contribution in [2.24, 2.45) is 12.1 Å². The minimum absolute atomic E-state index is 0.375. The van der Waals surface area contributed by atoms with Crippen LogP contribution in [0.4, 0.5) is 0 Å². The van der Waals surface area contributed by atoms with Gasteiger partial charge in [0.05, 0.1) is 29.2 Å². The van der Waals surface area contributed by atoms with Crippen molar-refractivity contribution in [3.05, 3.63) is 46.2 Å². The molecular formula is C19H21N7OS. The van der Waals surface area contributed by atoms with Gasteiger partial charge in [-0.05, 0) is 25.6 Å². The molecule has 144 valence electrons. The highest BCUT2D eigenvalue weighted by Gasteiger charge is 2.16. The molecule has 0 saturated carbocycles. The number of carbonyl (C=O) groups is 1. The summed E-state index contributed by atoms with van der Waals surface area (Å²) in [6, 6.07) is 5.87. The predicted molar refractivity (Wildman–Crippen MR) is 111 cm³/mol. The molecule has 0 radical (unpaired) electrons. The number of H-pyrrole nitrogens is 1. The molecule has 0 unspecified atom stereocenters. The molecule has 0 bridgehead atoms. The van der Waals surface area contributed by atoms with E-state index in [0.29, 0.717) is 6.54 Å². The molecule has 1 amide bonds. The van der Waals surface area contributed by atoms with Gasteiger partial charge in [0.25, 0.3) is 0 Å². The molecular weight excluding hydrogens is 374 g/mol. The number of hydrogen-bond acceptors (Lipinski definition) is 6. The maximum atomic E-state index is 11.6. The Hall–Kier alpha value is -3.04. The maximum Gasteiger partial charge on any atom is 0.230 e. The fourth-order valence-corrected chi connectivity index (χ4v) is 4.39. The normalized spacial score (nSPS) is 11.8. The Balaban J connectivity index is 1.64. The maximum absolute atomic E-state index is 11.6. The summed E-state index contributed by atoms with van der Waals surface area (Å²) in [6.45, 7) is 3.13. The SMILES string of the molecule is CNCc1nc2c(s1)c(/C=N\N(C=O)Cc1cccc3[nH]ncc13)c(C)n2C. The Labute approximate surface area is 165 Å². The molecule has 1 aromatic carbocycles. The first kappa shape index (κ1) is 18.3. The number of fused-ring (bicyclic) bond motifs is 2. The Morgan fingerprint density at radius 2 is 2.29 bits per heavy atom.